The van der Waals surface area contributed by atoms with E-state index in [4.69, 9.17) is 14.8 Å². The standard InChI is InChI=1S/C35H44N2O4/c1-5-31(29-17-14-27(15-18-29)16-19-34(39)40)36-33-23-26(3)21-25(2)22-32(38)35(37-33)30-13-10-12-28(24-30)11-8-6-7-9-20-41-4/h6-15,17-18,20,24-26,31,33,36H,5,16,19,21-23H2,1-4H3,(H,39,40)/b7-6-,11-8-,20-9+,37-35-. The Balaban J connectivity index is 1.88. The van der Waals surface area contributed by atoms with Gasteiger partial charge in [0.1, 0.15) is 11.9 Å². The monoisotopic (exact) mass is 556 g/mol. The number of rotatable bonds is 12. The number of nitrogens with one attached hydrogen (secondary N) is 1. The van der Waals surface area contributed by atoms with E-state index in [9.17, 15) is 9.59 Å². The molecule has 2 aromatic rings. The maximum Gasteiger partial charge on any atom is 0.303 e. The molecule has 4 atom stereocenters. The van der Waals surface area contributed by atoms with Crippen LogP contribution in [-0.4, -0.2) is 35.8 Å². The molecule has 0 aromatic heterocycles. The number of nitrogens with zero attached hydrogens (tertiary/aromatic N) is 1. The SMILES string of the molecule is CCC(NC1CC(C)CC(C)CC(=O)/C(c2cccc(\C=C/C=C\C=C\OC)c2)=N\1)c1ccc(CCC(=O)O)cc1. The number of carboxylic acids is 1. The molecule has 218 valence electrons. The number of methoxy groups -OCH3 is 1. The van der Waals surface area contributed by atoms with E-state index >= 15 is 0 Å². The molecule has 1 heterocycles. The van der Waals surface area contributed by atoms with Crippen molar-refractivity contribution < 1.29 is 19.4 Å². The molecule has 0 bridgehead atoms. The molecule has 0 saturated heterocycles. The quantitative estimate of drug-likeness (QED) is 0.211. The molecule has 2 aromatic carbocycles. The molecule has 1 aliphatic rings. The molecule has 6 heteroatoms. The number of ketones is 1. The Labute approximate surface area is 244 Å². The van der Waals surface area contributed by atoms with Crippen molar-refractivity contribution in [3.8, 4) is 0 Å². The molecular weight excluding hydrogens is 512 g/mol. The van der Waals surface area contributed by atoms with E-state index in [1.807, 2.05) is 66.8 Å². The summed E-state index contributed by atoms with van der Waals surface area (Å²) in [6.45, 7) is 6.54. The summed E-state index contributed by atoms with van der Waals surface area (Å²) in [4.78, 5) is 29.6. The lowest BCUT2D eigenvalue weighted by Gasteiger charge is -2.26. The van der Waals surface area contributed by atoms with Gasteiger partial charge in [0.25, 0.3) is 0 Å². The van der Waals surface area contributed by atoms with E-state index in [0.717, 1.165) is 41.5 Å². The first-order valence-corrected chi connectivity index (χ1v) is 14.6. The summed E-state index contributed by atoms with van der Waals surface area (Å²) >= 11 is 0. The summed E-state index contributed by atoms with van der Waals surface area (Å²) in [6.07, 6.45) is 14.8. The first-order chi connectivity index (χ1) is 19.8. The van der Waals surface area contributed by atoms with Gasteiger partial charge >= 0.3 is 5.97 Å². The number of hydrogen-bond donors (Lipinski definition) is 2. The molecule has 0 amide bonds. The number of hydrogen-bond acceptors (Lipinski definition) is 5. The van der Waals surface area contributed by atoms with Crippen LogP contribution < -0.4 is 5.32 Å². The third-order valence-corrected chi connectivity index (χ3v) is 7.32. The average Bonchev–Trinajstić information content (AvgIpc) is 3.00. The Kier molecular flexibility index (Phi) is 12.8. The Morgan fingerprint density at radius 3 is 2.54 bits per heavy atom. The van der Waals surface area contributed by atoms with Crippen molar-refractivity contribution in [3.63, 3.8) is 0 Å². The summed E-state index contributed by atoms with van der Waals surface area (Å²) in [7, 11) is 1.61. The van der Waals surface area contributed by atoms with Gasteiger partial charge in [-0.3, -0.25) is 19.9 Å². The van der Waals surface area contributed by atoms with E-state index in [0.29, 0.717) is 24.5 Å². The molecule has 3 rings (SSSR count). The van der Waals surface area contributed by atoms with E-state index in [-0.39, 0.29) is 30.3 Å². The zero-order valence-corrected chi connectivity index (χ0v) is 24.8. The molecule has 1 aliphatic heterocycles. The highest BCUT2D eigenvalue weighted by Gasteiger charge is 2.26. The Morgan fingerprint density at radius 2 is 1.83 bits per heavy atom. The topological polar surface area (TPSA) is 88.0 Å². The number of aryl methyl sites for hydroxylation is 1. The van der Waals surface area contributed by atoms with E-state index < -0.39 is 5.97 Å². The van der Waals surface area contributed by atoms with Crippen molar-refractivity contribution in [2.24, 2.45) is 16.8 Å². The molecule has 41 heavy (non-hydrogen) atoms. The van der Waals surface area contributed by atoms with E-state index in [1.165, 1.54) is 0 Å². The lowest BCUT2D eigenvalue weighted by molar-refractivity contribution is -0.137. The highest BCUT2D eigenvalue weighted by atomic mass is 16.5. The van der Waals surface area contributed by atoms with Crippen molar-refractivity contribution in [2.75, 3.05) is 7.11 Å². The van der Waals surface area contributed by atoms with Gasteiger partial charge in [-0.2, -0.15) is 0 Å². The van der Waals surface area contributed by atoms with Crippen LogP contribution in [0.4, 0.5) is 0 Å². The minimum atomic E-state index is -0.789. The van der Waals surface area contributed by atoms with Gasteiger partial charge in [0.15, 0.2) is 5.78 Å². The van der Waals surface area contributed by atoms with Gasteiger partial charge in [-0.1, -0.05) is 87.5 Å². The minimum Gasteiger partial charge on any atom is -0.504 e. The summed E-state index contributed by atoms with van der Waals surface area (Å²) in [5, 5.41) is 12.7. The van der Waals surface area contributed by atoms with Crippen molar-refractivity contribution in [2.45, 2.75) is 71.5 Å². The molecule has 0 spiro atoms. The van der Waals surface area contributed by atoms with Crippen LogP contribution in [0.25, 0.3) is 6.08 Å². The largest absolute Gasteiger partial charge is 0.504 e. The smallest absolute Gasteiger partial charge is 0.303 e. The fourth-order valence-corrected chi connectivity index (χ4v) is 5.34. The fourth-order valence-electron chi connectivity index (χ4n) is 5.34. The average molecular weight is 557 g/mol. The lowest BCUT2D eigenvalue weighted by atomic mass is 9.89. The molecule has 0 fully saturated rings. The maximum absolute atomic E-state index is 13.6. The zero-order valence-electron chi connectivity index (χ0n) is 24.8. The Hall–Kier alpha value is -3.77. The molecule has 0 radical (unpaired) electrons. The van der Waals surface area contributed by atoms with Crippen molar-refractivity contribution in [1.82, 2.24) is 5.32 Å². The first kappa shape index (κ1) is 31.8. The van der Waals surface area contributed by atoms with Gasteiger partial charge in [-0.25, -0.2) is 0 Å². The number of ether oxygens (including phenoxy) is 1. The molecule has 0 saturated carbocycles. The van der Waals surface area contributed by atoms with Crippen LogP contribution in [-0.2, 0) is 20.7 Å². The van der Waals surface area contributed by atoms with Gasteiger partial charge in [-0.15, -0.1) is 0 Å². The Bertz CT molecular complexity index is 1260. The van der Waals surface area contributed by atoms with Crippen molar-refractivity contribution >= 4 is 23.5 Å². The molecule has 6 nitrogen and oxygen atoms in total. The number of allylic oxidation sites excluding steroid dienone is 4. The Morgan fingerprint density at radius 1 is 1.07 bits per heavy atom. The number of carbonyl (C=O) groups excluding carboxylic acids is 1. The number of aliphatic imine (C=N–C) groups is 1. The minimum absolute atomic E-state index is 0.0622. The van der Waals surface area contributed by atoms with Crippen LogP contribution in [0.3, 0.4) is 0 Å². The second-order valence-corrected chi connectivity index (χ2v) is 11.0. The van der Waals surface area contributed by atoms with Gasteiger partial charge in [0.2, 0.25) is 0 Å². The van der Waals surface area contributed by atoms with Gasteiger partial charge in [-0.05, 0) is 66.4 Å². The van der Waals surface area contributed by atoms with Crippen molar-refractivity contribution in [1.29, 1.82) is 0 Å². The van der Waals surface area contributed by atoms with Crippen LogP contribution in [0.15, 0.2) is 84.1 Å². The summed E-state index contributed by atoms with van der Waals surface area (Å²) in [6, 6.07) is 16.2. The molecular formula is C35H44N2O4. The second kappa shape index (κ2) is 16.5. The maximum atomic E-state index is 13.6. The van der Waals surface area contributed by atoms with Crippen molar-refractivity contribution in [3.05, 3.63) is 101 Å². The number of benzene rings is 2. The van der Waals surface area contributed by atoms with Crippen LogP contribution in [0.1, 0.15) is 81.2 Å². The number of carbonyl (C=O) groups is 2. The molecule has 4 unspecified atom stereocenters. The summed E-state index contributed by atoms with van der Waals surface area (Å²) in [5.41, 5.74) is 4.52. The van der Waals surface area contributed by atoms with Gasteiger partial charge in [0, 0.05) is 24.4 Å². The lowest BCUT2D eigenvalue weighted by Crippen LogP contribution is -2.34. The van der Waals surface area contributed by atoms with Crippen LogP contribution in [0, 0.1) is 11.8 Å². The molecule has 2 N–H and O–H groups in total. The third kappa shape index (κ3) is 10.6. The molecule has 0 aliphatic carbocycles. The number of Topliss-reactive ketones (excluding diaryl/α,β-unsaturated/α-hetero) is 1. The predicted octanol–water partition coefficient (Wildman–Crippen LogP) is 7.31. The van der Waals surface area contributed by atoms with Crippen LogP contribution >= 0.6 is 0 Å². The highest BCUT2D eigenvalue weighted by molar-refractivity contribution is 6.46. The second-order valence-electron chi connectivity index (χ2n) is 11.0. The van der Waals surface area contributed by atoms with Gasteiger partial charge < -0.3 is 9.84 Å². The van der Waals surface area contributed by atoms with Crippen LogP contribution in [0.5, 0.6) is 0 Å². The first-order valence-electron chi connectivity index (χ1n) is 14.6. The zero-order chi connectivity index (χ0) is 29.6. The normalized spacial score (nSPS) is 22.3. The summed E-state index contributed by atoms with van der Waals surface area (Å²) < 4.78 is 4.90. The fraction of sp³-hybridized carbons (Fsp3) is 0.400. The summed E-state index contributed by atoms with van der Waals surface area (Å²) in [5.74, 6) is 0.000380. The number of carboxylic acid groups (broad SMARTS) is 1. The van der Waals surface area contributed by atoms with E-state index in [2.05, 4.69) is 38.2 Å². The predicted molar refractivity (Wildman–Crippen MR) is 167 cm³/mol. The highest BCUT2D eigenvalue weighted by Crippen LogP contribution is 2.26. The third-order valence-electron chi connectivity index (χ3n) is 7.32. The number of aliphatic carboxylic acids is 1. The van der Waals surface area contributed by atoms with Gasteiger partial charge in [0.05, 0.1) is 13.4 Å². The van der Waals surface area contributed by atoms with E-state index in [1.54, 1.807) is 13.4 Å². The van der Waals surface area contributed by atoms with Crippen LogP contribution in [0.2, 0.25) is 0 Å².